The van der Waals surface area contributed by atoms with Crippen LogP contribution < -0.4 is 10.2 Å². The molecule has 158 valence electrons. The average molecular weight is 424 g/mol. The SMILES string of the molecule is CN(C)Cc1ccc(-n2cc(C(=O)O)c(=O)c3cc(F)c(F)c(OC(F)F)c32)cc1. The fourth-order valence-electron chi connectivity index (χ4n) is 3.08. The smallest absolute Gasteiger partial charge is 0.387 e. The van der Waals surface area contributed by atoms with Crippen LogP contribution in [0.4, 0.5) is 17.6 Å². The Labute approximate surface area is 167 Å². The van der Waals surface area contributed by atoms with E-state index < -0.39 is 51.9 Å². The Morgan fingerprint density at radius 2 is 1.83 bits per heavy atom. The molecule has 3 aromatic rings. The Hall–Kier alpha value is -3.40. The molecule has 30 heavy (non-hydrogen) atoms. The summed E-state index contributed by atoms with van der Waals surface area (Å²) in [5.41, 5.74) is -1.29. The molecule has 0 unspecified atom stereocenters. The zero-order chi connectivity index (χ0) is 22.2. The van der Waals surface area contributed by atoms with E-state index in [0.717, 1.165) is 16.3 Å². The van der Waals surface area contributed by atoms with Gasteiger partial charge in [-0.15, -0.1) is 0 Å². The van der Waals surface area contributed by atoms with E-state index in [2.05, 4.69) is 4.74 Å². The van der Waals surface area contributed by atoms with Gasteiger partial charge in [0.2, 0.25) is 11.2 Å². The Kier molecular flexibility index (Phi) is 5.79. The minimum absolute atomic E-state index is 0.232. The Morgan fingerprint density at radius 1 is 1.20 bits per heavy atom. The lowest BCUT2D eigenvalue weighted by Gasteiger charge is -2.17. The van der Waals surface area contributed by atoms with Gasteiger partial charge in [-0.25, -0.2) is 9.18 Å². The van der Waals surface area contributed by atoms with Crippen molar-refractivity contribution in [1.29, 1.82) is 0 Å². The lowest BCUT2D eigenvalue weighted by atomic mass is 10.1. The molecule has 1 N–H and O–H groups in total. The van der Waals surface area contributed by atoms with E-state index in [4.69, 9.17) is 0 Å². The Balaban J connectivity index is 2.39. The second-order valence-corrected chi connectivity index (χ2v) is 6.73. The number of carboxylic acids is 1. The van der Waals surface area contributed by atoms with Gasteiger partial charge < -0.3 is 19.3 Å². The first-order chi connectivity index (χ1) is 14.1. The van der Waals surface area contributed by atoms with Gasteiger partial charge in [0, 0.05) is 18.4 Å². The topological polar surface area (TPSA) is 71.8 Å². The van der Waals surface area contributed by atoms with Gasteiger partial charge >= 0.3 is 12.6 Å². The monoisotopic (exact) mass is 424 g/mol. The van der Waals surface area contributed by atoms with E-state index in [0.29, 0.717) is 12.6 Å². The third kappa shape index (κ3) is 3.99. The molecule has 0 saturated carbocycles. The molecule has 10 heteroatoms. The van der Waals surface area contributed by atoms with Crippen LogP contribution in [0, 0.1) is 11.6 Å². The lowest BCUT2D eigenvalue weighted by Crippen LogP contribution is -2.20. The van der Waals surface area contributed by atoms with Crippen molar-refractivity contribution in [2.45, 2.75) is 13.2 Å². The number of fused-ring (bicyclic) bond motifs is 1. The zero-order valence-corrected chi connectivity index (χ0v) is 15.8. The van der Waals surface area contributed by atoms with Gasteiger partial charge in [-0.2, -0.15) is 13.2 Å². The maximum atomic E-state index is 14.3. The highest BCUT2D eigenvalue weighted by molar-refractivity contribution is 5.95. The summed E-state index contributed by atoms with van der Waals surface area (Å²) in [4.78, 5) is 25.9. The number of carbonyl (C=O) groups is 1. The largest absolute Gasteiger partial charge is 0.477 e. The predicted molar refractivity (Wildman–Crippen MR) is 100 cm³/mol. The molecular formula is C20H16F4N2O4. The minimum Gasteiger partial charge on any atom is -0.477 e. The summed E-state index contributed by atoms with van der Waals surface area (Å²) in [7, 11) is 3.71. The molecule has 0 aliphatic heterocycles. The first-order valence-corrected chi connectivity index (χ1v) is 8.59. The maximum Gasteiger partial charge on any atom is 0.387 e. The number of alkyl halides is 2. The van der Waals surface area contributed by atoms with Gasteiger partial charge in [0.25, 0.3) is 0 Å². The minimum atomic E-state index is -3.50. The molecule has 1 heterocycles. The predicted octanol–water partition coefficient (Wildman–Crippen LogP) is 3.63. The molecule has 6 nitrogen and oxygen atoms in total. The number of hydrogen-bond donors (Lipinski definition) is 1. The molecule has 0 saturated heterocycles. The molecule has 0 amide bonds. The highest BCUT2D eigenvalue weighted by Gasteiger charge is 2.25. The van der Waals surface area contributed by atoms with Crippen molar-refractivity contribution >= 4 is 16.9 Å². The summed E-state index contributed by atoms with van der Waals surface area (Å²) >= 11 is 0. The fourth-order valence-corrected chi connectivity index (χ4v) is 3.08. The highest BCUT2D eigenvalue weighted by Crippen LogP contribution is 2.33. The highest BCUT2D eigenvalue weighted by atomic mass is 19.3. The second kappa shape index (κ2) is 8.15. The van der Waals surface area contributed by atoms with Crippen LogP contribution >= 0.6 is 0 Å². The Bertz CT molecular complexity index is 1170. The number of halogens is 4. The van der Waals surface area contributed by atoms with E-state index in [1.807, 2.05) is 19.0 Å². The number of rotatable bonds is 6. The lowest BCUT2D eigenvalue weighted by molar-refractivity contribution is -0.0515. The van der Waals surface area contributed by atoms with Crippen LogP contribution in [0.5, 0.6) is 5.75 Å². The molecule has 2 aromatic carbocycles. The molecule has 0 aliphatic carbocycles. The maximum absolute atomic E-state index is 14.3. The fraction of sp³-hybridized carbons (Fsp3) is 0.200. The number of hydrogen-bond acceptors (Lipinski definition) is 4. The van der Waals surface area contributed by atoms with Crippen LogP contribution in [0.15, 0.2) is 41.3 Å². The summed E-state index contributed by atoms with van der Waals surface area (Å²) in [5, 5.41) is 8.73. The van der Waals surface area contributed by atoms with E-state index in [1.54, 1.807) is 12.1 Å². The molecule has 0 fully saturated rings. The summed E-state index contributed by atoms with van der Waals surface area (Å²) in [6.45, 7) is -2.92. The third-order valence-corrected chi connectivity index (χ3v) is 4.29. The first kappa shape index (κ1) is 21.3. The van der Waals surface area contributed by atoms with Crippen LogP contribution in [0.25, 0.3) is 16.6 Å². The van der Waals surface area contributed by atoms with Gasteiger partial charge in [-0.05, 0) is 37.9 Å². The molecular weight excluding hydrogens is 408 g/mol. The van der Waals surface area contributed by atoms with Gasteiger partial charge in [0.05, 0.1) is 5.39 Å². The molecule has 1 aromatic heterocycles. The van der Waals surface area contributed by atoms with Crippen LogP contribution in [0.2, 0.25) is 0 Å². The summed E-state index contributed by atoms with van der Waals surface area (Å²) < 4.78 is 59.2. The van der Waals surface area contributed by atoms with Gasteiger partial charge in [0.1, 0.15) is 11.1 Å². The number of aromatic nitrogens is 1. The van der Waals surface area contributed by atoms with Gasteiger partial charge in [-0.3, -0.25) is 4.79 Å². The van der Waals surface area contributed by atoms with Gasteiger partial charge in [-0.1, -0.05) is 12.1 Å². The van der Waals surface area contributed by atoms with Crippen molar-refractivity contribution in [2.24, 2.45) is 0 Å². The van der Waals surface area contributed by atoms with Crippen molar-refractivity contribution < 1.29 is 32.2 Å². The van der Waals surface area contributed by atoms with E-state index in [1.165, 1.54) is 12.1 Å². The van der Waals surface area contributed by atoms with E-state index in [9.17, 15) is 32.3 Å². The molecule has 0 spiro atoms. The second-order valence-electron chi connectivity index (χ2n) is 6.73. The van der Waals surface area contributed by atoms with E-state index >= 15 is 0 Å². The van der Waals surface area contributed by atoms with Crippen LogP contribution in [-0.4, -0.2) is 41.2 Å². The Morgan fingerprint density at radius 3 is 2.37 bits per heavy atom. The van der Waals surface area contributed by atoms with Crippen molar-refractivity contribution in [1.82, 2.24) is 9.47 Å². The molecule has 0 aliphatic rings. The number of aromatic carboxylic acids is 1. The zero-order valence-electron chi connectivity index (χ0n) is 15.8. The van der Waals surface area contributed by atoms with Crippen LogP contribution in [0.3, 0.4) is 0 Å². The van der Waals surface area contributed by atoms with Crippen LogP contribution in [-0.2, 0) is 6.54 Å². The molecule has 0 radical (unpaired) electrons. The normalized spacial score (nSPS) is 11.5. The van der Waals surface area contributed by atoms with Crippen molar-refractivity contribution in [3.63, 3.8) is 0 Å². The average Bonchev–Trinajstić information content (AvgIpc) is 2.66. The molecule has 0 bridgehead atoms. The summed E-state index contributed by atoms with van der Waals surface area (Å²) in [5.74, 6) is -6.14. The third-order valence-electron chi connectivity index (χ3n) is 4.29. The van der Waals surface area contributed by atoms with Crippen molar-refractivity contribution in [2.75, 3.05) is 14.1 Å². The number of carboxylic acid groups (broad SMARTS) is 1. The summed E-state index contributed by atoms with van der Waals surface area (Å²) in [6, 6.07) is 6.90. The first-order valence-electron chi connectivity index (χ1n) is 8.59. The summed E-state index contributed by atoms with van der Waals surface area (Å²) in [6.07, 6.45) is 0.865. The quantitative estimate of drug-likeness (QED) is 0.612. The van der Waals surface area contributed by atoms with E-state index in [-0.39, 0.29) is 5.69 Å². The number of benzene rings is 2. The number of nitrogens with zero attached hydrogens (tertiary/aromatic N) is 2. The number of ether oxygens (including phenoxy) is 1. The molecule has 3 rings (SSSR count). The van der Waals surface area contributed by atoms with Crippen molar-refractivity contribution in [3.05, 3.63) is 69.5 Å². The van der Waals surface area contributed by atoms with Gasteiger partial charge in [0.15, 0.2) is 11.6 Å². The van der Waals surface area contributed by atoms with Crippen LogP contribution in [0.1, 0.15) is 15.9 Å². The van der Waals surface area contributed by atoms with Crippen molar-refractivity contribution in [3.8, 4) is 11.4 Å². The standard InChI is InChI=1S/C20H16F4N2O4/c1-25(2)8-10-3-5-11(6-4-10)26-9-13(19(28)29)17(27)12-7-14(21)15(22)18(16(12)26)30-20(23)24/h3-7,9,20H,8H2,1-2H3,(H,28,29). The molecule has 0 atom stereocenters. The number of pyridine rings is 1.